The van der Waals surface area contributed by atoms with Crippen molar-refractivity contribution in [1.29, 1.82) is 0 Å². The third-order valence-corrected chi connectivity index (χ3v) is 0.508. The molecule has 0 radical (unpaired) electrons. The Balaban J connectivity index is -0.000000105. The van der Waals surface area contributed by atoms with E-state index in [2.05, 4.69) is 32.4 Å². The standard InChI is InChI=1S/C5H8S.C2H6.C2H4/c1-3-4-5(2)6;2*1-2/h3-4,6H,2H2,1H3;1-2H3;1-2H2/b4-3-;;. The fourth-order valence-electron chi connectivity index (χ4n) is 0.192. The second-order valence-electron chi connectivity index (χ2n) is 0.991. The summed E-state index contributed by atoms with van der Waals surface area (Å²) in [7, 11) is 0. The molecular formula is C9H18S. The highest BCUT2D eigenvalue weighted by molar-refractivity contribution is 7.84. The normalized spacial score (nSPS) is 6.80. The van der Waals surface area contributed by atoms with Gasteiger partial charge in [0.2, 0.25) is 0 Å². The van der Waals surface area contributed by atoms with Crippen LogP contribution in [0.25, 0.3) is 0 Å². The van der Waals surface area contributed by atoms with Gasteiger partial charge in [-0.25, -0.2) is 0 Å². The lowest BCUT2D eigenvalue weighted by atomic mass is 10.5. The molecule has 60 valence electrons. The summed E-state index contributed by atoms with van der Waals surface area (Å²) >= 11 is 3.90. The van der Waals surface area contributed by atoms with Crippen LogP contribution in [0.5, 0.6) is 0 Å². The van der Waals surface area contributed by atoms with Gasteiger partial charge < -0.3 is 0 Å². The summed E-state index contributed by atoms with van der Waals surface area (Å²) in [6, 6.07) is 0. The molecule has 1 heteroatoms. The molecule has 0 aliphatic heterocycles. The highest BCUT2D eigenvalue weighted by Gasteiger charge is 1.64. The lowest BCUT2D eigenvalue weighted by molar-refractivity contribution is 1.50. The molecule has 0 aliphatic rings. The van der Waals surface area contributed by atoms with Crippen LogP contribution in [-0.4, -0.2) is 0 Å². The highest BCUT2D eigenvalue weighted by atomic mass is 32.1. The second-order valence-corrected chi connectivity index (χ2v) is 1.57. The van der Waals surface area contributed by atoms with Gasteiger partial charge in [0.05, 0.1) is 0 Å². The fraction of sp³-hybridized carbons (Fsp3) is 0.333. The Kier molecular flexibility index (Phi) is 38.3. The monoisotopic (exact) mass is 158 g/mol. The van der Waals surface area contributed by atoms with Gasteiger partial charge >= 0.3 is 0 Å². The minimum atomic E-state index is 0.803. The molecule has 0 saturated heterocycles. The topological polar surface area (TPSA) is 0 Å². The van der Waals surface area contributed by atoms with E-state index >= 15 is 0 Å². The molecule has 10 heavy (non-hydrogen) atoms. The van der Waals surface area contributed by atoms with Crippen LogP contribution in [0.15, 0.2) is 36.8 Å². The van der Waals surface area contributed by atoms with E-state index in [0.717, 1.165) is 4.91 Å². The van der Waals surface area contributed by atoms with Crippen molar-refractivity contribution >= 4 is 12.6 Å². The van der Waals surface area contributed by atoms with Crippen LogP contribution in [0.1, 0.15) is 20.8 Å². The number of rotatable bonds is 1. The first-order valence-electron chi connectivity index (χ1n) is 3.28. The molecule has 0 aromatic carbocycles. The van der Waals surface area contributed by atoms with Crippen molar-refractivity contribution in [3.05, 3.63) is 36.8 Å². The van der Waals surface area contributed by atoms with Crippen LogP contribution in [-0.2, 0) is 0 Å². The van der Waals surface area contributed by atoms with Crippen LogP contribution in [0.4, 0.5) is 0 Å². The Labute approximate surface area is 70.8 Å². The summed E-state index contributed by atoms with van der Waals surface area (Å²) in [5.41, 5.74) is 0. The van der Waals surface area contributed by atoms with Gasteiger partial charge in [-0.1, -0.05) is 32.6 Å². The third-order valence-electron chi connectivity index (χ3n) is 0.359. The third kappa shape index (κ3) is 49.5. The Hall–Kier alpha value is -0.430. The Morgan fingerprint density at radius 1 is 1.30 bits per heavy atom. The molecule has 0 atom stereocenters. The van der Waals surface area contributed by atoms with Gasteiger partial charge in [-0.05, 0) is 11.8 Å². The molecule has 0 nitrogen and oxygen atoms in total. The first-order chi connectivity index (χ1) is 4.77. The summed E-state index contributed by atoms with van der Waals surface area (Å²) in [6.07, 6.45) is 3.73. The summed E-state index contributed by atoms with van der Waals surface area (Å²) in [6.45, 7) is 15.5. The van der Waals surface area contributed by atoms with Crippen LogP contribution in [0, 0.1) is 0 Å². The van der Waals surface area contributed by atoms with Gasteiger partial charge in [0.1, 0.15) is 0 Å². The molecule has 0 spiro atoms. The molecule has 0 N–H and O–H groups in total. The molecule has 0 aliphatic carbocycles. The van der Waals surface area contributed by atoms with E-state index in [9.17, 15) is 0 Å². The average Bonchev–Trinajstić information content (AvgIpc) is 1.96. The molecule has 0 amide bonds. The van der Waals surface area contributed by atoms with Gasteiger partial charge in [-0.15, -0.1) is 25.8 Å². The van der Waals surface area contributed by atoms with Gasteiger partial charge in [0, 0.05) is 0 Å². The Morgan fingerprint density at radius 2 is 1.60 bits per heavy atom. The molecule has 0 unspecified atom stereocenters. The van der Waals surface area contributed by atoms with Crippen LogP contribution < -0.4 is 0 Å². The molecule has 0 heterocycles. The zero-order valence-corrected chi connectivity index (χ0v) is 8.12. The first kappa shape index (κ1) is 16.3. The maximum atomic E-state index is 3.90. The molecule has 0 saturated carbocycles. The summed E-state index contributed by atoms with van der Waals surface area (Å²) < 4.78 is 0. The summed E-state index contributed by atoms with van der Waals surface area (Å²) in [5.74, 6) is 0. The largest absolute Gasteiger partial charge is 0.144 e. The maximum Gasteiger partial charge on any atom is -0.00353 e. The molecule has 0 rings (SSSR count). The van der Waals surface area contributed by atoms with E-state index < -0.39 is 0 Å². The number of thiol groups is 1. The van der Waals surface area contributed by atoms with Gasteiger partial charge in [-0.3, -0.25) is 0 Å². The molecule has 0 bridgehead atoms. The van der Waals surface area contributed by atoms with Crippen molar-refractivity contribution < 1.29 is 0 Å². The van der Waals surface area contributed by atoms with E-state index in [1.165, 1.54) is 0 Å². The maximum absolute atomic E-state index is 3.90. The molecule has 0 fully saturated rings. The van der Waals surface area contributed by atoms with E-state index in [1.54, 1.807) is 0 Å². The van der Waals surface area contributed by atoms with Crippen LogP contribution in [0.3, 0.4) is 0 Å². The second kappa shape index (κ2) is 23.5. The van der Waals surface area contributed by atoms with Crippen molar-refractivity contribution in [2.24, 2.45) is 0 Å². The minimum Gasteiger partial charge on any atom is -0.144 e. The number of allylic oxidation sites excluding steroid dienone is 2. The fourth-order valence-corrected chi connectivity index (χ4v) is 0.341. The quantitative estimate of drug-likeness (QED) is 0.334. The Morgan fingerprint density at radius 3 is 1.60 bits per heavy atom. The first-order valence-corrected chi connectivity index (χ1v) is 3.72. The number of hydrogen-bond acceptors (Lipinski definition) is 1. The van der Waals surface area contributed by atoms with Crippen molar-refractivity contribution in [3.63, 3.8) is 0 Å². The SMILES string of the molecule is C=C.C=C(S)/C=C\C.CC. The van der Waals surface area contributed by atoms with Crippen LogP contribution in [0.2, 0.25) is 0 Å². The molecular weight excluding hydrogens is 140 g/mol. The lowest BCUT2D eigenvalue weighted by Gasteiger charge is -1.74. The van der Waals surface area contributed by atoms with Gasteiger partial charge in [0.15, 0.2) is 0 Å². The molecule has 0 aromatic rings. The Bertz CT molecular complexity index is 82.7. The number of hydrogen-bond donors (Lipinski definition) is 1. The van der Waals surface area contributed by atoms with Crippen molar-refractivity contribution in [3.8, 4) is 0 Å². The summed E-state index contributed by atoms with van der Waals surface area (Å²) in [4.78, 5) is 0.803. The molecule has 0 aromatic heterocycles. The van der Waals surface area contributed by atoms with Gasteiger partial charge in [-0.2, -0.15) is 0 Å². The van der Waals surface area contributed by atoms with E-state index in [-0.39, 0.29) is 0 Å². The zero-order valence-electron chi connectivity index (χ0n) is 7.22. The van der Waals surface area contributed by atoms with Crippen molar-refractivity contribution in [1.82, 2.24) is 0 Å². The smallest absolute Gasteiger partial charge is 0.00353 e. The van der Waals surface area contributed by atoms with Crippen LogP contribution >= 0.6 is 12.6 Å². The van der Waals surface area contributed by atoms with E-state index in [0.29, 0.717) is 0 Å². The minimum absolute atomic E-state index is 0.803. The van der Waals surface area contributed by atoms with Crippen molar-refractivity contribution in [2.45, 2.75) is 20.8 Å². The predicted molar refractivity (Wildman–Crippen MR) is 55.5 cm³/mol. The predicted octanol–water partition coefficient (Wildman–Crippen LogP) is 3.83. The highest BCUT2D eigenvalue weighted by Crippen LogP contribution is 1.94. The van der Waals surface area contributed by atoms with E-state index in [4.69, 9.17) is 0 Å². The zero-order chi connectivity index (χ0) is 8.99. The average molecular weight is 158 g/mol. The van der Waals surface area contributed by atoms with Gasteiger partial charge in [0.25, 0.3) is 0 Å². The lowest BCUT2D eigenvalue weighted by Crippen LogP contribution is -1.48. The van der Waals surface area contributed by atoms with E-state index in [1.807, 2.05) is 32.9 Å². The van der Waals surface area contributed by atoms with Crippen molar-refractivity contribution in [2.75, 3.05) is 0 Å². The summed E-state index contributed by atoms with van der Waals surface area (Å²) in [5, 5.41) is 0.